The summed E-state index contributed by atoms with van der Waals surface area (Å²) in [5, 5.41) is 13.1. The van der Waals surface area contributed by atoms with Crippen molar-refractivity contribution in [2.75, 3.05) is 6.54 Å². The van der Waals surface area contributed by atoms with Gasteiger partial charge in [-0.05, 0) is 18.6 Å². The minimum Gasteiger partial charge on any atom is -0.512 e. The molecule has 0 atom stereocenters. The number of unbranched alkanes of at least 4 members (excludes halogenated alkanes) is 1. The zero-order valence-corrected chi connectivity index (χ0v) is 12.8. The number of fused-ring (bicyclic) bond motifs is 3. The van der Waals surface area contributed by atoms with Crippen molar-refractivity contribution in [1.29, 1.82) is 0 Å². The van der Waals surface area contributed by atoms with E-state index in [1.807, 2.05) is 24.3 Å². The van der Waals surface area contributed by atoms with Crippen LogP contribution in [0.1, 0.15) is 38.4 Å². The van der Waals surface area contributed by atoms with Crippen molar-refractivity contribution in [3.8, 4) is 0 Å². The third-order valence-corrected chi connectivity index (χ3v) is 4.03. The van der Waals surface area contributed by atoms with Crippen LogP contribution < -0.4 is 5.32 Å². The molecule has 1 aromatic heterocycles. The molecule has 0 unspecified atom stereocenters. The molecular formula is C17H21N3O2. The number of allylic oxidation sites excluding steroid dienone is 1. The fraction of sp³-hybridized carbons (Fsp3) is 0.412. The van der Waals surface area contributed by atoms with Crippen LogP contribution in [-0.2, 0) is 11.3 Å². The van der Waals surface area contributed by atoms with Gasteiger partial charge in [-0.3, -0.25) is 4.79 Å². The molecule has 3 rings (SSSR count). The molecule has 0 radical (unpaired) electrons. The van der Waals surface area contributed by atoms with Gasteiger partial charge in [0.25, 0.3) is 0 Å². The van der Waals surface area contributed by atoms with Gasteiger partial charge in [0.15, 0.2) is 0 Å². The average Bonchev–Trinajstić information content (AvgIpc) is 2.89. The molecule has 116 valence electrons. The number of aryl methyl sites for hydroxylation is 1. The molecule has 0 saturated heterocycles. The van der Waals surface area contributed by atoms with Gasteiger partial charge in [-0.2, -0.15) is 0 Å². The predicted molar refractivity (Wildman–Crippen MR) is 86.4 cm³/mol. The molecule has 0 saturated carbocycles. The van der Waals surface area contributed by atoms with Crippen molar-refractivity contribution in [3.63, 3.8) is 0 Å². The number of carbonyl (C=O) groups excluding carboxylic acids is 1. The summed E-state index contributed by atoms with van der Waals surface area (Å²) >= 11 is 0. The number of hydrogen-bond acceptors (Lipinski definition) is 3. The number of rotatable bonds is 5. The molecule has 1 amide bonds. The van der Waals surface area contributed by atoms with E-state index in [1.165, 1.54) is 0 Å². The third-order valence-electron chi connectivity index (χ3n) is 4.03. The van der Waals surface area contributed by atoms with Crippen LogP contribution in [0.5, 0.6) is 0 Å². The van der Waals surface area contributed by atoms with E-state index >= 15 is 0 Å². The van der Waals surface area contributed by atoms with Crippen molar-refractivity contribution >= 4 is 22.5 Å². The fourth-order valence-electron chi connectivity index (χ4n) is 2.84. The van der Waals surface area contributed by atoms with Crippen molar-refractivity contribution < 1.29 is 9.90 Å². The van der Waals surface area contributed by atoms with Crippen molar-refractivity contribution in [1.82, 2.24) is 14.9 Å². The Morgan fingerprint density at radius 2 is 2.23 bits per heavy atom. The summed E-state index contributed by atoms with van der Waals surface area (Å²) in [5.41, 5.74) is 2.60. The first-order valence-electron chi connectivity index (χ1n) is 7.84. The Balaban J connectivity index is 1.87. The number of nitrogens with zero attached hydrogens (tertiary/aromatic N) is 2. The normalized spacial score (nSPS) is 14.2. The van der Waals surface area contributed by atoms with Crippen LogP contribution in [0, 0.1) is 0 Å². The van der Waals surface area contributed by atoms with Crippen molar-refractivity contribution in [2.45, 2.75) is 39.2 Å². The topological polar surface area (TPSA) is 67.2 Å². The third kappa shape index (κ3) is 2.71. The number of benzene rings is 1. The van der Waals surface area contributed by atoms with Crippen LogP contribution in [-0.4, -0.2) is 27.1 Å². The Labute approximate surface area is 129 Å². The molecular weight excluding hydrogens is 278 g/mol. The molecule has 0 bridgehead atoms. The van der Waals surface area contributed by atoms with Gasteiger partial charge in [-0.25, -0.2) is 4.98 Å². The number of hydrogen-bond donors (Lipinski definition) is 2. The lowest BCUT2D eigenvalue weighted by Gasteiger charge is -2.19. The number of aliphatic hydroxyl groups excluding tert-OH is 1. The maximum Gasteiger partial charge on any atom is 0.224 e. The van der Waals surface area contributed by atoms with E-state index in [4.69, 9.17) is 0 Å². The molecule has 0 aliphatic carbocycles. The Hall–Kier alpha value is -2.30. The largest absolute Gasteiger partial charge is 0.512 e. The maximum atomic E-state index is 12.1. The van der Waals surface area contributed by atoms with Gasteiger partial charge < -0.3 is 15.0 Å². The number of para-hydroxylation sites is 2. The minimum absolute atomic E-state index is 0.0597. The standard InChI is InChI=1S/C17H21N3O2/c1-2-3-9-18-16(22)11-12-15(21)8-10-20-14-7-5-4-6-13(14)19-17(12)20/h4-7,21H,2-3,8-11H2,1H3,(H,18,22). The summed E-state index contributed by atoms with van der Waals surface area (Å²) < 4.78 is 2.09. The van der Waals surface area contributed by atoms with E-state index in [1.54, 1.807) is 0 Å². The molecule has 22 heavy (non-hydrogen) atoms. The predicted octanol–water partition coefficient (Wildman–Crippen LogP) is 3.02. The lowest BCUT2D eigenvalue weighted by molar-refractivity contribution is -0.120. The number of nitrogens with one attached hydrogen (secondary N) is 1. The van der Waals surface area contributed by atoms with Gasteiger partial charge in [0, 0.05) is 25.1 Å². The highest BCUT2D eigenvalue weighted by Crippen LogP contribution is 2.31. The lowest BCUT2D eigenvalue weighted by Crippen LogP contribution is -2.25. The van der Waals surface area contributed by atoms with E-state index in [9.17, 15) is 9.90 Å². The zero-order chi connectivity index (χ0) is 15.5. The lowest BCUT2D eigenvalue weighted by atomic mass is 10.0. The van der Waals surface area contributed by atoms with Gasteiger partial charge in [0.05, 0.1) is 17.5 Å². The van der Waals surface area contributed by atoms with Crippen LogP contribution >= 0.6 is 0 Å². The van der Waals surface area contributed by atoms with E-state index in [2.05, 4.69) is 21.8 Å². The van der Waals surface area contributed by atoms with Gasteiger partial charge in [0.1, 0.15) is 11.6 Å². The number of imidazole rings is 1. The molecule has 2 aromatic rings. The smallest absolute Gasteiger partial charge is 0.224 e. The quantitative estimate of drug-likeness (QED) is 0.834. The van der Waals surface area contributed by atoms with Gasteiger partial charge in [-0.15, -0.1) is 0 Å². The SMILES string of the molecule is CCCCNC(=O)CC1=C(O)CCn2c1nc1ccccc12. The summed E-state index contributed by atoms with van der Waals surface area (Å²) in [6.07, 6.45) is 2.74. The second-order valence-corrected chi connectivity index (χ2v) is 5.63. The van der Waals surface area contributed by atoms with Crippen LogP contribution in [0.3, 0.4) is 0 Å². The summed E-state index contributed by atoms with van der Waals surface area (Å²) in [5.74, 6) is 0.944. The molecule has 1 aliphatic heterocycles. The first kappa shape index (κ1) is 14.6. The average molecular weight is 299 g/mol. The second kappa shape index (κ2) is 6.22. The fourth-order valence-corrected chi connectivity index (χ4v) is 2.84. The highest BCUT2D eigenvalue weighted by atomic mass is 16.3. The second-order valence-electron chi connectivity index (χ2n) is 5.63. The Morgan fingerprint density at radius 1 is 1.41 bits per heavy atom. The summed E-state index contributed by atoms with van der Waals surface area (Å²) in [6, 6.07) is 7.90. The van der Waals surface area contributed by atoms with Crippen LogP contribution in [0.15, 0.2) is 30.0 Å². The van der Waals surface area contributed by atoms with Gasteiger partial charge in [0.2, 0.25) is 5.91 Å². The highest BCUT2D eigenvalue weighted by Gasteiger charge is 2.24. The van der Waals surface area contributed by atoms with E-state index in [-0.39, 0.29) is 18.1 Å². The molecule has 0 spiro atoms. The number of aliphatic hydroxyl groups is 1. The van der Waals surface area contributed by atoms with E-state index in [0.717, 1.165) is 29.7 Å². The summed E-state index contributed by atoms with van der Waals surface area (Å²) in [6.45, 7) is 3.46. The van der Waals surface area contributed by atoms with Gasteiger partial charge in [-0.1, -0.05) is 25.5 Å². The first-order valence-corrected chi connectivity index (χ1v) is 7.84. The first-order chi connectivity index (χ1) is 10.7. The molecule has 1 aromatic carbocycles. The van der Waals surface area contributed by atoms with Crippen LogP contribution in [0.4, 0.5) is 0 Å². The van der Waals surface area contributed by atoms with Crippen molar-refractivity contribution in [3.05, 3.63) is 35.8 Å². The number of carbonyl (C=O) groups is 1. The van der Waals surface area contributed by atoms with E-state index < -0.39 is 0 Å². The Kier molecular flexibility index (Phi) is 4.13. The molecule has 2 N–H and O–H groups in total. The van der Waals surface area contributed by atoms with Crippen LogP contribution in [0.25, 0.3) is 16.6 Å². The van der Waals surface area contributed by atoms with Gasteiger partial charge >= 0.3 is 0 Å². The Morgan fingerprint density at radius 3 is 3.05 bits per heavy atom. The zero-order valence-electron chi connectivity index (χ0n) is 12.8. The molecule has 5 heteroatoms. The maximum absolute atomic E-state index is 12.1. The number of amides is 1. The summed E-state index contributed by atoms with van der Waals surface area (Å²) in [7, 11) is 0. The molecule has 2 heterocycles. The van der Waals surface area contributed by atoms with Crippen LogP contribution in [0.2, 0.25) is 0 Å². The molecule has 1 aliphatic rings. The minimum atomic E-state index is -0.0597. The number of aromatic nitrogens is 2. The monoisotopic (exact) mass is 299 g/mol. The van der Waals surface area contributed by atoms with E-state index in [0.29, 0.717) is 25.1 Å². The molecule has 0 fully saturated rings. The molecule has 5 nitrogen and oxygen atoms in total. The summed E-state index contributed by atoms with van der Waals surface area (Å²) in [4.78, 5) is 16.7. The van der Waals surface area contributed by atoms with Crippen molar-refractivity contribution in [2.24, 2.45) is 0 Å². The Bertz CT molecular complexity index is 731. The highest BCUT2D eigenvalue weighted by molar-refractivity contribution is 5.90.